The number of aliphatic hydroxyl groups is 1. The molecule has 0 unspecified atom stereocenters. The van der Waals surface area contributed by atoms with Crippen molar-refractivity contribution in [1.29, 1.82) is 0 Å². The van der Waals surface area contributed by atoms with Crippen LogP contribution < -0.4 is 26.4 Å². The maximum absolute atomic E-state index is 9.25. The molecule has 132 valence electrons. The molecule has 1 aromatic heterocycles. The Hall–Kier alpha value is -1.33. The highest BCUT2D eigenvalue weighted by Crippen LogP contribution is 2.29. The van der Waals surface area contributed by atoms with Crippen molar-refractivity contribution in [3.63, 3.8) is 0 Å². The van der Waals surface area contributed by atoms with E-state index in [0.29, 0.717) is 6.54 Å². The zero-order valence-electron chi connectivity index (χ0n) is 15.1. The summed E-state index contributed by atoms with van der Waals surface area (Å²) in [6.07, 6.45) is 4.72. The molecule has 0 amide bonds. The third-order valence-electron chi connectivity index (χ3n) is 5.10. The summed E-state index contributed by atoms with van der Waals surface area (Å²) < 4.78 is 4.39. The summed E-state index contributed by atoms with van der Waals surface area (Å²) >= 11 is 0. The minimum Gasteiger partial charge on any atom is -1.00 e. The number of halogens is 1. The molecule has 1 aliphatic rings. The zero-order chi connectivity index (χ0) is 16.6. The van der Waals surface area contributed by atoms with E-state index in [0.717, 1.165) is 0 Å². The maximum Gasteiger partial charge on any atom is 0.249 e. The Kier molecular flexibility index (Phi) is 6.10. The van der Waals surface area contributed by atoms with E-state index in [1.54, 1.807) is 0 Å². The Morgan fingerprint density at radius 1 is 1.04 bits per heavy atom. The van der Waals surface area contributed by atoms with E-state index in [-0.39, 0.29) is 23.6 Å². The number of rotatable bonds is 4. The summed E-state index contributed by atoms with van der Waals surface area (Å²) in [6.45, 7) is 11.8. The number of imidazole rings is 1. The summed E-state index contributed by atoms with van der Waals surface area (Å²) in [7, 11) is 0. The van der Waals surface area contributed by atoms with Gasteiger partial charge in [0.25, 0.3) is 0 Å². The van der Waals surface area contributed by atoms with E-state index in [4.69, 9.17) is 0 Å². The SMILES string of the molecule is Cc1cc(N2CCCC2)cc(C)c1-n1c[n+](CCO)c(C)c1C.[Br-]. The second-order valence-electron chi connectivity index (χ2n) is 6.70. The number of hydrogen-bond acceptors (Lipinski definition) is 2. The lowest BCUT2D eigenvalue weighted by Gasteiger charge is -2.20. The molecular formula is C19H28BrN3O. The van der Waals surface area contributed by atoms with Crippen molar-refractivity contribution >= 4 is 5.69 Å². The second-order valence-corrected chi connectivity index (χ2v) is 6.70. The highest BCUT2D eigenvalue weighted by atomic mass is 79.9. The smallest absolute Gasteiger partial charge is 0.249 e. The number of aromatic nitrogens is 2. The van der Waals surface area contributed by atoms with Gasteiger partial charge in [-0.1, -0.05) is 0 Å². The van der Waals surface area contributed by atoms with Crippen molar-refractivity contribution in [2.75, 3.05) is 24.6 Å². The fourth-order valence-electron chi connectivity index (χ4n) is 3.72. The van der Waals surface area contributed by atoms with E-state index in [1.807, 2.05) is 0 Å². The van der Waals surface area contributed by atoms with Gasteiger partial charge >= 0.3 is 0 Å². The predicted octanol–water partition coefficient (Wildman–Crippen LogP) is -0.405. The highest BCUT2D eigenvalue weighted by molar-refractivity contribution is 5.60. The lowest BCUT2D eigenvalue weighted by atomic mass is 10.1. The van der Waals surface area contributed by atoms with Crippen molar-refractivity contribution in [1.82, 2.24) is 4.57 Å². The Morgan fingerprint density at radius 2 is 1.62 bits per heavy atom. The summed E-state index contributed by atoms with van der Waals surface area (Å²) in [6, 6.07) is 4.64. The molecule has 1 aromatic carbocycles. The van der Waals surface area contributed by atoms with E-state index in [2.05, 4.69) is 60.2 Å². The molecule has 0 radical (unpaired) electrons. The molecule has 5 heteroatoms. The highest BCUT2D eigenvalue weighted by Gasteiger charge is 2.22. The van der Waals surface area contributed by atoms with Crippen LogP contribution in [0, 0.1) is 27.7 Å². The van der Waals surface area contributed by atoms with Crippen LogP contribution in [-0.2, 0) is 6.54 Å². The van der Waals surface area contributed by atoms with Gasteiger partial charge in [0, 0.05) is 32.6 Å². The van der Waals surface area contributed by atoms with Gasteiger partial charge in [0.1, 0.15) is 23.6 Å². The molecule has 1 aliphatic heterocycles. The fourth-order valence-corrected chi connectivity index (χ4v) is 3.72. The van der Waals surface area contributed by atoms with Gasteiger partial charge in [-0.05, 0) is 49.9 Å². The van der Waals surface area contributed by atoms with Crippen LogP contribution in [0.2, 0.25) is 0 Å². The molecule has 1 fully saturated rings. The van der Waals surface area contributed by atoms with Crippen LogP contribution >= 0.6 is 0 Å². The molecule has 1 N–H and O–H groups in total. The predicted molar refractivity (Wildman–Crippen MR) is 93.4 cm³/mol. The van der Waals surface area contributed by atoms with Crippen molar-refractivity contribution < 1.29 is 26.7 Å². The standard InChI is InChI=1S/C19H28N3O.BrH/c1-14-11-18(20-7-5-6-8-20)12-15(2)19(14)22-13-21(9-10-23)16(3)17(22)4;/h11-13,23H,5-10H2,1-4H3;1H/q+1;/p-1. The van der Waals surface area contributed by atoms with Gasteiger partial charge in [0.05, 0.1) is 6.61 Å². The first kappa shape index (κ1) is 19.0. The van der Waals surface area contributed by atoms with Gasteiger partial charge < -0.3 is 27.0 Å². The van der Waals surface area contributed by atoms with Crippen molar-refractivity contribution in [3.8, 4) is 5.69 Å². The summed E-state index contributed by atoms with van der Waals surface area (Å²) in [5.74, 6) is 0. The average Bonchev–Trinajstić information content (AvgIpc) is 3.12. The first-order valence-corrected chi connectivity index (χ1v) is 8.58. The lowest BCUT2D eigenvalue weighted by Crippen LogP contribution is -3.00. The second kappa shape index (κ2) is 7.70. The first-order valence-electron chi connectivity index (χ1n) is 8.58. The van der Waals surface area contributed by atoms with Gasteiger partial charge in [0.15, 0.2) is 0 Å². The number of aryl methyl sites for hydroxylation is 2. The minimum absolute atomic E-state index is 0. The number of aliphatic hydroxyl groups excluding tert-OH is 1. The van der Waals surface area contributed by atoms with Gasteiger partial charge in [0.2, 0.25) is 6.33 Å². The van der Waals surface area contributed by atoms with E-state index in [9.17, 15) is 5.11 Å². The summed E-state index contributed by atoms with van der Waals surface area (Å²) in [4.78, 5) is 2.49. The normalized spacial score (nSPS) is 14.1. The van der Waals surface area contributed by atoms with Crippen molar-refractivity contribution in [3.05, 3.63) is 41.0 Å². The molecule has 1 saturated heterocycles. The van der Waals surface area contributed by atoms with Crippen LogP contribution in [0.15, 0.2) is 18.5 Å². The zero-order valence-corrected chi connectivity index (χ0v) is 16.7. The monoisotopic (exact) mass is 393 g/mol. The number of nitrogens with zero attached hydrogens (tertiary/aromatic N) is 3. The van der Waals surface area contributed by atoms with Crippen LogP contribution in [0.1, 0.15) is 35.4 Å². The Morgan fingerprint density at radius 3 is 2.17 bits per heavy atom. The molecule has 0 saturated carbocycles. The van der Waals surface area contributed by atoms with E-state index >= 15 is 0 Å². The molecule has 4 nitrogen and oxygen atoms in total. The van der Waals surface area contributed by atoms with Crippen LogP contribution in [0.5, 0.6) is 0 Å². The van der Waals surface area contributed by atoms with Crippen molar-refractivity contribution in [2.24, 2.45) is 0 Å². The number of benzene rings is 1. The molecule has 2 aromatic rings. The molecular weight excluding hydrogens is 366 g/mol. The van der Waals surface area contributed by atoms with Gasteiger partial charge in [-0.2, -0.15) is 4.57 Å². The molecule has 0 bridgehead atoms. The number of hydrogen-bond donors (Lipinski definition) is 1. The van der Waals surface area contributed by atoms with E-state index < -0.39 is 0 Å². The van der Waals surface area contributed by atoms with Crippen LogP contribution in [-0.4, -0.2) is 29.4 Å². The molecule has 0 spiro atoms. The van der Waals surface area contributed by atoms with E-state index in [1.165, 1.54) is 59.8 Å². The Labute approximate surface area is 155 Å². The maximum atomic E-state index is 9.25. The van der Waals surface area contributed by atoms with Gasteiger partial charge in [-0.3, -0.25) is 0 Å². The van der Waals surface area contributed by atoms with Crippen LogP contribution in [0.4, 0.5) is 5.69 Å². The summed E-state index contributed by atoms with van der Waals surface area (Å²) in [5, 5.41) is 9.25. The van der Waals surface area contributed by atoms with Crippen molar-refractivity contribution in [2.45, 2.75) is 47.1 Å². The third-order valence-corrected chi connectivity index (χ3v) is 5.10. The fraction of sp³-hybridized carbons (Fsp3) is 0.526. The Bertz CT molecular complexity index is 695. The quantitative estimate of drug-likeness (QED) is 0.716. The molecule has 24 heavy (non-hydrogen) atoms. The third kappa shape index (κ3) is 3.38. The van der Waals surface area contributed by atoms with Crippen LogP contribution in [0.3, 0.4) is 0 Å². The Balaban J connectivity index is 0.00000208. The molecule has 3 rings (SSSR count). The average molecular weight is 394 g/mol. The van der Waals surface area contributed by atoms with Gasteiger partial charge in [-0.25, -0.2) is 4.57 Å². The molecule has 2 heterocycles. The summed E-state index contributed by atoms with van der Waals surface area (Å²) in [5.41, 5.74) is 7.68. The molecule has 0 aliphatic carbocycles. The number of anilines is 1. The lowest BCUT2D eigenvalue weighted by molar-refractivity contribution is -0.703. The van der Waals surface area contributed by atoms with Gasteiger partial charge in [-0.15, -0.1) is 0 Å². The molecule has 0 atom stereocenters. The van der Waals surface area contributed by atoms with Crippen LogP contribution in [0.25, 0.3) is 5.69 Å². The minimum atomic E-state index is 0. The topological polar surface area (TPSA) is 32.3 Å². The first-order chi connectivity index (χ1) is 11.0. The largest absolute Gasteiger partial charge is 1.00 e.